The number of allylic oxidation sites excluding steroid dienone is 1. The number of hydrogen-bond acceptors (Lipinski definition) is 4. The molecule has 0 spiro atoms. The third-order valence-electron chi connectivity index (χ3n) is 3.95. The molecule has 24 heavy (non-hydrogen) atoms. The van der Waals surface area contributed by atoms with Gasteiger partial charge in [-0.3, -0.25) is 9.79 Å². The molecular weight excluding hydrogens is 318 g/mol. The molecule has 4 rings (SSSR count). The monoisotopic (exact) mass is 333 g/mol. The molecule has 4 heteroatoms. The van der Waals surface area contributed by atoms with E-state index in [0.29, 0.717) is 11.3 Å². The summed E-state index contributed by atoms with van der Waals surface area (Å²) < 4.78 is 6.92. The number of nitrogens with zero attached hydrogens (tertiary/aromatic N) is 1. The highest BCUT2D eigenvalue weighted by Crippen LogP contribution is 2.29. The van der Waals surface area contributed by atoms with Gasteiger partial charge >= 0.3 is 0 Å². The first-order valence-corrected chi connectivity index (χ1v) is 8.64. The predicted molar refractivity (Wildman–Crippen MR) is 99.2 cm³/mol. The van der Waals surface area contributed by atoms with Crippen LogP contribution in [-0.2, 0) is 0 Å². The summed E-state index contributed by atoms with van der Waals surface area (Å²) in [6, 6.07) is 15.5. The molecule has 0 fully saturated rings. The van der Waals surface area contributed by atoms with Gasteiger partial charge in [-0.25, -0.2) is 0 Å². The van der Waals surface area contributed by atoms with E-state index in [9.17, 15) is 4.79 Å². The zero-order valence-corrected chi connectivity index (χ0v) is 13.8. The maximum atomic E-state index is 12.5. The van der Waals surface area contributed by atoms with Crippen molar-refractivity contribution in [3.63, 3.8) is 0 Å². The average Bonchev–Trinajstić information content (AvgIpc) is 3.30. The molecule has 0 unspecified atom stereocenters. The molecule has 0 saturated heterocycles. The number of Topliss-reactive ketones (excluding diaryl/α,β-unsaturated/α-hetero) is 1. The van der Waals surface area contributed by atoms with Crippen LogP contribution in [0.2, 0.25) is 0 Å². The van der Waals surface area contributed by atoms with Crippen molar-refractivity contribution in [2.45, 2.75) is 6.42 Å². The fourth-order valence-corrected chi connectivity index (χ4v) is 3.53. The molecule has 0 bridgehead atoms. The van der Waals surface area contributed by atoms with Crippen molar-refractivity contribution in [2.75, 3.05) is 6.61 Å². The lowest BCUT2D eigenvalue weighted by Gasteiger charge is -2.10. The van der Waals surface area contributed by atoms with Crippen molar-refractivity contribution in [1.82, 2.24) is 0 Å². The van der Waals surface area contributed by atoms with Gasteiger partial charge in [-0.05, 0) is 35.0 Å². The molecule has 3 nitrogen and oxygen atoms in total. The first kappa shape index (κ1) is 14.8. The van der Waals surface area contributed by atoms with Crippen molar-refractivity contribution in [1.29, 1.82) is 0 Å². The van der Waals surface area contributed by atoms with E-state index in [0.717, 1.165) is 27.8 Å². The van der Waals surface area contributed by atoms with Crippen LogP contribution in [-0.4, -0.2) is 18.6 Å². The minimum absolute atomic E-state index is 0.0187. The highest BCUT2D eigenvalue weighted by Gasteiger charge is 2.13. The minimum atomic E-state index is -0.0241. The van der Waals surface area contributed by atoms with Gasteiger partial charge < -0.3 is 4.74 Å². The van der Waals surface area contributed by atoms with Gasteiger partial charge in [-0.15, -0.1) is 11.3 Å². The van der Waals surface area contributed by atoms with Crippen LogP contribution in [0, 0.1) is 0 Å². The number of aliphatic imine (C=N–C) groups is 1. The molecule has 118 valence electrons. The Labute approximate surface area is 143 Å². The lowest BCUT2D eigenvalue weighted by Crippen LogP contribution is -2.12. The Kier molecular flexibility index (Phi) is 3.97. The molecule has 2 heterocycles. The number of rotatable bonds is 5. The van der Waals surface area contributed by atoms with Gasteiger partial charge in [0.2, 0.25) is 0 Å². The number of hydrogen-bond donors (Lipinski definition) is 0. The topological polar surface area (TPSA) is 38.7 Å². The number of carbonyl (C=O) groups is 1. The van der Waals surface area contributed by atoms with E-state index in [1.807, 2.05) is 54.1 Å². The molecule has 0 radical (unpaired) electrons. The van der Waals surface area contributed by atoms with Crippen LogP contribution >= 0.6 is 11.3 Å². The minimum Gasteiger partial charge on any atom is -0.485 e. The Morgan fingerprint density at radius 2 is 2.08 bits per heavy atom. The Balaban J connectivity index is 1.52. The SMILES string of the molecule is O=C(COc1ccccc1C1=CCC=N1)c1ccc2ccsc2c1. The van der Waals surface area contributed by atoms with E-state index in [2.05, 4.69) is 17.1 Å². The summed E-state index contributed by atoms with van der Waals surface area (Å²) >= 11 is 1.64. The van der Waals surface area contributed by atoms with E-state index >= 15 is 0 Å². The first-order valence-electron chi connectivity index (χ1n) is 7.76. The maximum absolute atomic E-state index is 12.5. The molecule has 1 aromatic heterocycles. The lowest BCUT2D eigenvalue weighted by molar-refractivity contribution is 0.0921. The third-order valence-corrected chi connectivity index (χ3v) is 4.83. The van der Waals surface area contributed by atoms with Crippen LogP contribution in [0.25, 0.3) is 15.8 Å². The Hall–Kier alpha value is -2.72. The van der Waals surface area contributed by atoms with E-state index < -0.39 is 0 Å². The normalized spacial score (nSPS) is 13.2. The number of carbonyl (C=O) groups excluding carboxylic acids is 1. The van der Waals surface area contributed by atoms with Crippen LogP contribution < -0.4 is 4.74 Å². The number of fused-ring (bicyclic) bond motifs is 1. The summed E-state index contributed by atoms with van der Waals surface area (Å²) in [6.45, 7) is 0.0187. The largest absolute Gasteiger partial charge is 0.485 e. The summed E-state index contributed by atoms with van der Waals surface area (Å²) in [6.07, 6.45) is 4.76. The molecule has 0 atom stereocenters. The number of thiophene rings is 1. The fraction of sp³-hybridized carbons (Fsp3) is 0.100. The van der Waals surface area contributed by atoms with Gasteiger partial charge in [-0.1, -0.05) is 30.3 Å². The molecule has 3 aromatic rings. The van der Waals surface area contributed by atoms with Crippen LogP contribution in [0.1, 0.15) is 22.3 Å². The molecule has 1 aliphatic rings. The van der Waals surface area contributed by atoms with Crippen molar-refractivity contribution in [3.8, 4) is 5.75 Å². The van der Waals surface area contributed by atoms with Crippen LogP contribution in [0.3, 0.4) is 0 Å². The zero-order chi connectivity index (χ0) is 16.4. The van der Waals surface area contributed by atoms with Crippen molar-refractivity contribution in [2.24, 2.45) is 4.99 Å². The average molecular weight is 333 g/mol. The zero-order valence-electron chi connectivity index (χ0n) is 12.9. The fourth-order valence-electron chi connectivity index (χ4n) is 2.71. The molecule has 0 amide bonds. The summed E-state index contributed by atoms with van der Waals surface area (Å²) in [5, 5.41) is 3.19. The second kappa shape index (κ2) is 6.42. The molecule has 0 aliphatic carbocycles. The number of ketones is 1. The van der Waals surface area contributed by atoms with Gasteiger partial charge in [0.05, 0.1) is 5.70 Å². The highest BCUT2D eigenvalue weighted by atomic mass is 32.1. The Bertz CT molecular complexity index is 968. The van der Waals surface area contributed by atoms with E-state index in [-0.39, 0.29) is 12.4 Å². The number of benzene rings is 2. The van der Waals surface area contributed by atoms with Crippen LogP contribution in [0.5, 0.6) is 5.75 Å². The molecular formula is C20H15NO2S. The van der Waals surface area contributed by atoms with Crippen LogP contribution in [0.15, 0.2) is 65.0 Å². The number of para-hydroxylation sites is 1. The van der Waals surface area contributed by atoms with E-state index in [1.165, 1.54) is 0 Å². The highest BCUT2D eigenvalue weighted by molar-refractivity contribution is 7.17. The van der Waals surface area contributed by atoms with E-state index in [1.54, 1.807) is 11.3 Å². The van der Waals surface area contributed by atoms with Crippen molar-refractivity contribution < 1.29 is 9.53 Å². The quantitative estimate of drug-likeness (QED) is 0.618. The maximum Gasteiger partial charge on any atom is 0.200 e. The lowest BCUT2D eigenvalue weighted by atomic mass is 10.1. The Morgan fingerprint density at radius 1 is 1.17 bits per heavy atom. The van der Waals surface area contributed by atoms with Gasteiger partial charge in [0, 0.05) is 28.5 Å². The molecule has 0 saturated carbocycles. The molecule has 1 aliphatic heterocycles. The summed E-state index contributed by atoms with van der Waals surface area (Å²) in [4.78, 5) is 16.8. The Morgan fingerprint density at radius 3 is 2.96 bits per heavy atom. The third kappa shape index (κ3) is 2.88. The molecule has 2 aromatic carbocycles. The van der Waals surface area contributed by atoms with Gasteiger partial charge in [-0.2, -0.15) is 0 Å². The smallest absolute Gasteiger partial charge is 0.200 e. The predicted octanol–water partition coefficient (Wildman–Crippen LogP) is 4.98. The van der Waals surface area contributed by atoms with Crippen molar-refractivity contribution in [3.05, 3.63) is 71.1 Å². The van der Waals surface area contributed by atoms with Gasteiger partial charge in [0.15, 0.2) is 12.4 Å². The van der Waals surface area contributed by atoms with Crippen LogP contribution in [0.4, 0.5) is 0 Å². The summed E-state index contributed by atoms with van der Waals surface area (Å²) in [5.41, 5.74) is 2.51. The standard InChI is InChI=1S/C20H15NO2S/c22-18(15-8-7-14-9-11-24-20(14)12-15)13-23-19-6-2-1-4-16(19)17-5-3-10-21-17/h1-2,4-12H,3,13H2. The molecule has 0 N–H and O–H groups in total. The summed E-state index contributed by atoms with van der Waals surface area (Å²) in [7, 11) is 0. The van der Waals surface area contributed by atoms with Gasteiger partial charge in [0.1, 0.15) is 5.75 Å². The second-order valence-corrected chi connectivity index (χ2v) is 6.47. The number of ether oxygens (including phenoxy) is 1. The van der Waals surface area contributed by atoms with Crippen molar-refractivity contribution >= 4 is 39.1 Å². The summed E-state index contributed by atoms with van der Waals surface area (Å²) in [5.74, 6) is 0.664. The first-order chi connectivity index (χ1) is 11.8. The van der Waals surface area contributed by atoms with Gasteiger partial charge in [0.25, 0.3) is 0 Å². The second-order valence-electron chi connectivity index (χ2n) is 5.52. The van der Waals surface area contributed by atoms with E-state index in [4.69, 9.17) is 4.74 Å².